The first-order valence-corrected chi connectivity index (χ1v) is 9.31. The standard InChI is InChI=1S/C17H25Cl2N3O/c18-16-11-20-12-17(19)15(16)13-22-5-2-1-3-14(22)4-6-21-7-9-23-10-8-21/h11-12,14H,1-10,13H2/t14-/m0/s1. The van der Waals surface area contributed by atoms with Crippen molar-refractivity contribution in [1.82, 2.24) is 14.8 Å². The monoisotopic (exact) mass is 357 g/mol. The number of hydrogen-bond donors (Lipinski definition) is 0. The van der Waals surface area contributed by atoms with Crippen LogP contribution in [0.5, 0.6) is 0 Å². The molecule has 0 saturated carbocycles. The number of hydrogen-bond acceptors (Lipinski definition) is 4. The molecule has 2 saturated heterocycles. The van der Waals surface area contributed by atoms with Gasteiger partial charge in [0, 0.05) is 43.6 Å². The Hall–Kier alpha value is -0.390. The van der Waals surface area contributed by atoms with Crippen LogP contribution in [0.25, 0.3) is 0 Å². The predicted molar refractivity (Wildman–Crippen MR) is 94.2 cm³/mol. The molecule has 3 rings (SSSR count). The fourth-order valence-corrected chi connectivity index (χ4v) is 4.03. The Morgan fingerprint density at radius 3 is 2.57 bits per heavy atom. The molecule has 1 atom stereocenters. The summed E-state index contributed by atoms with van der Waals surface area (Å²) in [5.41, 5.74) is 1.02. The van der Waals surface area contributed by atoms with Gasteiger partial charge in [0.25, 0.3) is 0 Å². The van der Waals surface area contributed by atoms with Crippen molar-refractivity contribution in [3.05, 3.63) is 28.0 Å². The van der Waals surface area contributed by atoms with E-state index >= 15 is 0 Å². The average molecular weight is 358 g/mol. The summed E-state index contributed by atoms with van der Waals surface area (Å²) in [5.74, 6) is 0. The van der Waals surface area contributed by atoms with Gasteiger partial charge in [0.2, 0.25) is 0 Å². The molecule has 3 heterocycles. The van der Waals surface area contributed by atoms with Crippen molar-refractivity contribution in [2.75, 3.05) is 39.4 Å². The normalized spacial score (nSPS) is 24.0. The zero-order valence-corrected chi connectivity index (χ0v) is 15.0. The molecule has 0 spiro atoms. The Kier molecular flexibility index (Phi) is 6.54. The quantitative estimate of drug-likeness (QED) is 0.806. The lowest BCUT2D eigenvalue weighted by Gasteiger charge is -2.37. The number of morpholine rings is 1. The maximum atomic E-state index is 6.30. The van der Waals surface area contributed by atoms with E-state index in [9.17, 15) is 0 Å². The molecule has 0 amide bonds. The molecule has 1 aromatic rings. The van der Waals surface area contributed by atoms with Crippen molar-refractivity contribution in [1.29, 1.82) is 0 Å². The van der Waals surface area contributed by atoms with Gasteiger partial charge in [0.05, 0.1) is 23.3 Å². The second kappa shape index (κ2) is 8.63. The highest BCUT2D eigenvalue weighted by Crippen LogP contribution is 2.28. The highest BCUT2D eigenvalue weighted by atomic mass is 35.5. The van der Waals surface area contributed by atoms with Crippen molar-refractivity contribution < 1.29 is 4.74 Å². The van der Waals surface area contributed by atoms with Crippen molar-refractivity contribution >= 4 is 23.2 Å². The second-order valence-corrected chi connectivity index (χ2v) is 7.26. The Morgan fingerprint density at radius 1 is 1.09 bits per heavy atom. The van der Waals surface area contributed by atoms with E-state index in [0.29, 0.717) is 16.1 Å². The van der Waals surface area contributed by atoms with E-state index in [2.05, 4.69) is 14.8 Å². The molecule has 0 bridgehead atoms. The first kappa shape index (κ1) is 17.4. The number of nitrogens with zero attached hydrogens (tertiary/aromatic N) is 3. The van der Waals surface area contributed by atoms with Crippen LogP contribution in [0, 0.1) is 0 Å². The van der Waals surface area contributed by atoms with Gasteiger partial charge in [-0.15, -0.1) is 0 Å². The molecule has 128 valence electrons. The van der Waals surface area contributed by atoms with Crippen LogP contribution in [0.4, 0.5) is 0 Å². The number of pyridine rings is 1. The lowest BCUT2D eigenvalue weighted by Crippen LogP contribution is -2.43. The van der Waals surface area contributed by atoms with E-state index in [1.54, 1.807) is 12.4 Å². The number of likely N-dealkylation sites (tertiary alicyclic amines) is 1. The fraction of sp³-hybridized carbons (Fsp3) is 0.706. The summed E-state index contributed by atoms with van der Waals surface area (Å²) in [7, 11) is 0. The molecule has 23 heavy (non-hydrogen) atoms. The van der Waals surface area contributed by atoms with Gasteiger partial charge in [-0.05, 0) is 32.4 Å². The van der Waals surface area contributed by atoms with Crippen molar-refractivity contribution in [2.45, 2.75) is 38.3 Å². The third-order valence-corrected chi connectivity index (χ3v) is 5.60. The number of halogens is 2. The van der Waals surface area contributed by atoms with Crippen LogP contribution in [0.15, 0.2) is 12.4 Å². The van der Waals surface area contributed by atoms with Crippen LogP contribution in [0.2, 0.25) is 10.0 Å². The van der Waals surface area contributed by atoms with Crippen molar-refractivity contribution in [3.63, 3.8) is 0 Å². The highest BCUT2D eigenvalue weighted by Gasteiger charge is 2.24. The second-order valence-electron chi connectivity index (χ2n) is 6.44. The summed E-state index contributed by atoms with van der Waals surface area (Å²) in [6, 6.07) is 0.617. The molecule has 4 nitrogen and oxygen atoms in total. The molecule has 2 aliphatic heterocycles. The lowest BCUT2D eigenvalue weighted by molar-refractivity contribution is 0.0302. The maximum Gasteiger partial charge on any atom is 0.0649 e. The zero-order chi connectivity index (χ0) is 16.1. The van der Waals surface area contributed by atoms with E-state index in [1.807, 2.05) is 0 Å². The van der Waals surface area contributed by atoms with Crippen molar-refractivity contribution in [3.8, 4) is 0 Å². The number of piperidine rings is 1. The molecule has 1 aromatic heterocycles. The summed E-state index contributed by atoms with van der Waals surface area (Å²) in [4.78, 5) is 9.12. The van der Waals surface area contributed by atoms with Crippen molar-refractivity contribution in [2.24, 2.45) is 0 Å². The summed E-state index contributed by atoms with van der Waals surface area (Å²) in [6.45, 7) is 6.98. The summed E-state index contributed by atoms with van der Waals surface area (Å²) in [6.07, 6.45) is 8.44. The molecule has 0 aromatic carbocycles. The number of rotatable bonds is 5. The molecule has 0 aliphatic carbocycles. The average Bonchev–Trinajstić information content (AvgIpc) is 2.58. The van der Waals surface area contributed by atoms with Gasteiger partial charge in [0.15, 0.2) is 0 Å². The minimum Gasteiger partial charge on any atom is -0.379 e. The van der Waals surface area contributed by atoms with Gasteiger partial charge < -0.3 is 4.74 Å². The van der Waals surface area contributed by atoms with Crippen LogP contribution < -0.4 is 0 Å². The SMILES string of the molecule is Clc1cncc(Cl)c1CN1CCCC[C@H]1CCN1CCOCC1. The first-order valence-electron chi connectivity index (χ1n) is 8.56. The van der Waals surface area contributed by atoms with E-state index in [1.165, 1.54) is 25.7 Å². The third-order valence-electron chi connectivity index (χ3n) is 4.94. The maximum absolute atomic E-state index is 6.30. The lowest BCUT2D eigenvalue weighted by atomic mass is 9.98. The molecular weight excluding hydrogens is 333 g/mol. The summed E-state index contributed by atoms with van der Waals surface area (Å²) >= 11 is 12.6. The van der Waals surface area contributed by atoms with Gasteiger partial charge in [-0.1, -0.05) is 29.6 Å². The fourth-order valence-electron chi connectivity index (χ4n) is 3.54. The third kappa shape index (κ3) is 4.80. The predicted octanol–water partition coefficient (Wildman–Crippen LogP) is 3.47. The largest absolute Gasteiger partial charge is 0.379 e. The Labute approximate surface area is 148 Å². The molecule has 0 N–H and O–H groups in total. The van der Waals surface area contributed by atoms with Crippen LogP contribution in [0.1, 0.15) is 31.2 Å². The zero-order valence-electron chi connectivity index (χ0n) is 13.5. The molecule has 0 unspecified atom stereocenters. The summed E-state index contributed by atoms with van der Waals surface area (Å²) in [5, 5.41) is 1.35. The van der Waals surface area contributed by atoms with Gasteiger partial charge >= 0.3 is 0 Å². The smallest absolute Gasteiger partial charge is 0.0649 e. The molecule has 2 aliphatic rings. The Bertz CT molecular complexity index is 488. The summed E-state index contributed by atoms with van der Waals surface area (Å²) < 4.78 is 5.43. The van der Waals surface area contributed by atoms with E-state index in [4.69, 9.17) is 27.9 Å². The van der Waals surface area contributed by atoms with Gasteiger partial charge in [-0.2, -0.15) is 0 Å². The van der Waals surface area contributed by atoms with E-state index in [0.717, 1.165) is 51.5 Å². The Balaban J connectivity index is 1.59. The van der Waals surface area contributed by atoms with Gasteiger partial charge in [-0.25, -0.2) is 0 Å². The number of ether oxygens (including phenoxy) is 1. The molecule has 2 fully saturated rings. The minimum atomic E-state index is 0.617. The number of aromatic nitrogens is 1. The highest BCUT2D eigenvalue weighted by molar-refractivity contribution is 6.35. The first-order chi connectivity index (χ1) is 11.2. The van der Waals surface area contributed by atoms with Crippen LogP contribution >= 0.6 is 23.2 Å². The van der Waals surface area contributed by atoms with E-state index in [-0.39, 0.29) is 0 Å². The van der Waals surface area contributed by atoms with Gasteiger partial charge in [-0.3, -0.25) is 14.8 Å². The minimum absolute atomic E-state index is 0.617. The topological polar surface area (TPSA) is 28.6 Å². The van der Waals surface area contributed by atoms with Gasteiger partial charge in [0.1, 0.15) is 0 Å². The molecular formula is C17H25Cl2N3O. The van der Waals surface area contributed by atoms with Crippen LogP contribution in [0.3, 0.4) is 0 Å². The molecule has 0 radical (unpaired) electrons. The van der Waals surface area contributed by atoms with Crippen LogP contribution in [-0.4, -0.2) is 60.2 Å². The van der Waals surface area contributed by atoms with Crippen LogP contribution in [-0.2, 0) is 11.3 Å². The Morgan fingerprint density at radius 2 is 1.83 bits per heavy atom. The van der Waals surface area contributed by atoms with E-state index < -0.39 is 0 Å². The molecule has 6 heteroatoms.